The summed E-state index contributed by atoms with van der Waals surface area (Å²) in [6.45, 7) is 3.59. The van der Waals surface area contributed by atoms with Gasteiger partial charge < -0.3 is 10.2 Å². The van der Waals surface area contributed by atoms with Crippen LogP contribution in [0.5, 0.6) is 0 Å². The number of amides is 2. The first-order valence-corrected chi connectivity index (χ1v) is 11.4. The fourth-order valence-electron chi connectivity index (χ4n) is 4.24. The molecule has 6 nitrogen and oxygen atoms in total. The monoisotopic (exact) mass is 448 g/mol. The number of hydrogen-bond acceptors (Lipinski definition) is 3. The zero-order chi connectivity index (χ0) is 23.2. The second-order valence-electron chi connectivity index (χ2n) is 8.51. The Morgan fingerprint density at radius 2 is 1.88 bits per heavy atom. The van der Waals surface area contributed by atoms with Crippen LogP contribution in [0.3, 0.4) is 0 Å². The van der Waals surface area contributed by atoms with Gasteiger partial charge in [0.15, 0.2) is 0 Å². The molecule has 1 fully saturated rings. The van der Waals surface area contributed by atoms with Crippen molar-refractivity contribution in [3.05, 3.63) is 83.4 Å². The Morgan fingerprint density at radius 1 is 1.12 bits per heavy atom. The van der Waals surface area contributed by atoms with Gasteiger partial charge in [0.2, 0.25) is 5.91 Å². The van der Waals surface area contributed by atoms with Crippen LogP contribution in [0.15, 0.2) is 60.8 Å². The number of aryl methyl sites for hydroxylation is 2. The van der Waals surface area contributed by atoms with Crippen LogP contribution in [0.1, 0.15) is 40.9 Å². The Balaban J connectivity index is 1.25. The molecule has 0 spiro atoms. The molecule has 1 N–H and O–H groups in total. The third-order valence-electron chi connectivity index (χ3n) is 6.11. The maximum atomic E-state index is 13.1. The second-order valence-corrected chi connectivity index (χ2v) is 8.51. The van der Waals surface area contributed by atoms with Gasteiger partial charge in [0, 0.05) is 31.4 Å². The fourth-order valence-corrected chi connectivity index (χ4v) is 4.24. The summed E-state index contributed by atoms with van der Waals surface area (Å²) in [6, 6.07) is 15.5. The highest BCUT2D eigenvalue weighted by Gasteiger charge is 2.28. The molecule has 1 saturated heterocycles. The van der Waals surface area contributed by atoms with Crippen LogP contribution < -0.4 is 5.32 Å². The highest BCUT2D eigenvalue weighted by molar-refractivity contribution is 5.94. The maximum absolute atomic E-state index is 13.1. The minimum Gasteiger partial charge on any atom is -0.356 e. The second kappa shape index (κ2) is 10.4. The predicted octanol–water partition coefficient (Wildman–Crippen LogP) is 3.92. The molecule has 1 aliphatic rings. The third kappa shape index (κ3) is 5.66. The molecule has 0 aliphatic carbocycles. The molecule has 1 unspecified atom stereocenters. The molecule has 4 rings (SSSR count). The number of carbonyl (C=O) groups excluding carboxylic acids is 2. The van der Waals surface area contributed by atoms with Gasteiger partial charge in [-0.2, -0.15) is 5.10 Å². The Labute approximate surface area is 193 Å². The van der Waals surface area contributed by atoms with Crippen LogP contribution in [0.2, 0.25) is 0 Å². The van der Waals surface area contributed by atoms with Gasteiger partial charge in [-0.05, 0) is 74.6 Å². The number of benzene rings is 2. The van der Waals surface area contributed by atoms with E-state index < -0.39 is 0 Å². The number of rotatable bonds is 7. The SMILES string of the molecule is Cc1nn(-c2ccccc2)cc1CCCNC(=O)C1CCCN(C(=O)c2ccc(F)cc2)C1. The van der Waals surface area contributed by atoms with Gasteiger partial charge in [-0.1, -0.05) is 18.2 Å². The standard InChI is InChI=1S/C26H29FN4O2/c1-19-21(18-31(29-19)24-9-3-2-4-10-24)7-5-15-28-25(32)22-8-6-16-30(17-22)26(33)20-11-13-23(27)14-12-20/h2-4,9-14,18,22H,5-8,15-17H2,1H3,(H,28,32). The smallest absolute Gasteiger partial charge is 0.253 e. The molecular weight excluding hydrogens is 419 g/mol. The molecule has 0 bridgehead atoms. The number of hydrogen-bond donors (Lipinski definition) is 1. The summed E-state index contributed by atoms with van der Waals surface area (Å²) in [5, 5.41) is 7.63. The Kier molecular flexibility index (Phi) is 7.17. The van der Waals surface area contributed by atoms with Crippen LogP contribution in [0, 0.1) is 18.7 Å². The molecule has 3 aromatic rings. The van der Waals surface area contributed by atoms with E-state index in [9.17, 15) is 14.0 Å². The van der Waals surface area contributed by atoms with E-state index in [4.69, 9.17) is 0 Å². The van der Waals surface area contributed by atoms with E-state index in [1.165, 1.54) is 29.8 Å². The molecule has 1 atom stereocenters. The number of nitrogens with zero attached hydrogens (tertiary/aromatic N) is 3. The summed E-state index contributed by atoms with van der Waals surface area (Å²) in [7, 11) is 0. The van der Waals surface area contributed by atoms with Crippen molar-refractivity contribution in [1.29, 1.82) is 0 Å². The normalized spacial score (nSPS) is 15.9. The van der Waals surface area contributed by atoms with Gasteiger partial charge in [0.1, 0.15) is 5.82 Å². The molecule has 2 heterocycles. The highest BCUT2D eigenvalue weighted by Crippen LogP contribution is 2.19. The van der Waals surface area contributed by atoms with Gasteiger partial charge in [-0.25, -0.2) is 9.07 Å². The van der Waals surface area contributed by atoms with Crippen molar-refractivity contribution in [2.24, 2.45) is 5.92 Å². The van der Waals surface area contributed by atoms with Crippen LogP contribution in [0.25, 0.3) is 5.69 Å². The van der Waals surface area contributed by atoms with Gasteiger partial charge in [-0.15, -0.1) is 0 Å². The Morgan fingerprint density at radius 3 is 2.64 bits per heavy atom. The molecule has 2 amide bonds. The molecule has 33 heavy (non-hydrogen) atoms. The lowest BCUT2D eigenvalue weighted by Crippen LogP contribution is -2.45. The van der Waals surface area contributed by atoms with E-state index in [1.807, 2.05) is 48.1 Å². The van der Waals surface area contributed by atoms with E-state index in [0.29, 0.717) is 25.2 Å². The van der Waals surface area contributed by atoms with Crippen LogP contribution in [-0.2, 0) is 11.2 Å². The van der Waals surface area contributed by atoms with Crippen molar-refractivity contribution in [2.45, 2.75) is 32.6 Å². The van der Waals surface area contributed by atoms with E-state index >= 15 is 0 Å². The summed E-state index contributed by atoms with van der Waals surface area (Å²) < 4.78 is 15.0. The lowest BCUT2D eigenvalue weighted by atomic mass is 9.96. The van der Waals surface area contributed by atoms with Crippen molar-refractivity contribution in [1.82, 2.24) is 20.0 Å². The summed E-state index contributed by atoms with van der Waals surface area (Å²) >= 11 is 0. The summed E-state index contributed by atoms with van der Waals surface area (Å²) in [6.07, 6.45) is 5.24. The maximum Gasteiger partial charge on any atom is 0.253 e. The van der Waals surface area contributed by atoms with Crippen molar-refractivity contribution >= 4 is 11.8 Å². The van der Waals surface area contributed by atoms with Crippen molar-refractivity contribution in [3.63, 3.8) is 0 Å². The Hall–Kier alpha value is -3.48. The average Bonchev–Trinajstić information content (AvgIpc) is 3.22. The quantitative estimate of drug-likeness (QED) is 0.557. The number of para-hydroxylation sites is 1. The number of carbonyl (C=O) groups is 2. The first-order valence-electron chi connectivity index (χ1n) is 11.4. The van der Waals surface area contributed by atoms with Gasteiger partial charge in [-0.3, -0.25) is 9.59 Å². The largest absolute Gasteiger partial charge is 0.356 e. The van der Waals surface area contributed by atoms with Crippen molar-refractivity contribution in [3.8, 4) is 5.69 Å². The van der Waals surface area contributed by atoms with Crippen LogP contribution >= 0.6 is 0 Å². The molecule has 1 aromatic heterocycles. The molecule has 2 aromatic carbocycles. The van der Waals surface area contributed by atoms with Gasteiger partial charge >= 0.3 is 0 Å². The number of halogens is 1. The minimum atomic E-state index is -0.370. The average molecular weight is 449 g/mol. The lowest BCUT2D eigenvalue weighted by Gasteiger charge is -2.32. The molecule has 1 aliphatic heterocycles. The topological polar surface area (TPSA) is 67.2 Å². The summed E-state index contributed by atoms with van der Waals surface area (Å²) in [5.74, 6) is -0.752. The van der Waals surface area contributed by atoms with E-state index in [-0.39, 0.29) is 23.5 Å². The summed E-state index contributed by atoms with van der Waals surface area (Å²) in [4.78, 5) is 27.1. The van der Waals surface area contributed by atoms with Crippen molar-refractivity contribution < 1.29 is 14.0 Å². The number of likely N-dealkylation sites (tertiary alicyclic amines) is 1. The molecular formula is C26H29FN4O2. The minimum absolute atomic E-state index is 0.0108. The first kappa shape index (κ1) is 22.7. The number of aromatic nitrogens is 2. The van der Waals surface area contributed by atoms with E-state index in [1.54, 1.807) is 4.90 Å². The molecule has 0 saturated carbocycles. The third-order valence-corrected chi connectivity index (χ3v) is 6.11. The molecule has 7 heteroatoms. The van der Waals surface area contributed by atoms with Crippen LogP contribution in [0.4, 0.5) is 4.39 Å². The number of nitrogens with one attached hydrogen (secondary N) is 1. The molecule has 0 radical (unpaired) electrons. The van der Waals surface area contributed by atoms with E-state index in [2.05, 4.69) is 10.4 Å². The van der Waals surface area contributed by atoms with Gasteiger partial charge in [0.25, 0.3) is 5.91 Å². The summed E-state index contributed by atoms with van der Waals surface area (Å²) in [5.41, 5.74) is 3.63. The van der Waals surface area contributed by atoms with E-state index in [0.717, 1.165) is 37.1 Å². The van der Waals surface area contributed by atoms with Crippen LogP contribution in [-0.4, -0.2) is 46.1 Å². The van der Waals surface area contributed by atoms with Gasteiger partial charge in [0.05, 0.1) is 17.3 Å². The zero-order valence-corrected chi connectivity index (χ0v) is 18.8. The lowest BCUT2D eigenvalue weighted by molar-refractivity contribution is -0.126. The first-order chi connectivity index (χ1) is 16.0. The fraction of sp³-hybridized carbons (Fsp3) is 0.346. The predicted molar refractivity (Wildman–Crippen MR) is 125 cm³/mol. The Bertz CT molecular complexity index is 1100. The van der Waals surface area contributed by atoms with Crippen molar-refractivity contribution in [2.75, 3.05) is 19.6 Å². The molecule has 172 valence electrons. The zero-order valence-electron chi connectivity index (χ0n) is 18.8. The number of piperidine rings is 1. The highest BCUT2D eigenvalue weighted by atomic mass is 19.1.